The fourth-order valence-corrected chi connectivity index (χ4v) is 3.22. The standard InChI is InChI=1S/C28H23FN2O4/c29-22-11-13-23(14-12-22)30-28(33)21-5-4-6-24(19-21)31-27(32)20-9-15-26(16-10-20)35-18-17-34-25-7-2-1-3-8-25/h1-16,19H,17-18H2,(H,30,33)(H,31,32). The van der Waals surface area contributed by atoms with Crippen LogP contribution in [0.2, 0.25) is 0 Å². The molecule has 0 atom stereocenters. The Balaban J connectivity index is 1.28. The van der Waals surface area contributed by atoms with Crippen LogP contribution >= 0.6 is 0 Å². The summed E-state index contributed by atoms with van der Waals surface area (Å²) in [6.45, 7) is 0.768. The number of ether oxygens (including phenoxy) is 2. The maximum Gasteiger partial charge on any atom is 0.255 e. The molecular formula is C28H23FN2O4. The molecule has 0 radical (unpaired) electrons. The van der Waals surface area contributed by atoms with Crippen molar-refractivity contribution in [1.29, 1.82) is 0 Å². The summed E-state index contributed by atoms with van der Waals surface area (Å²) in [5.41, 5.74) is 1.74. The van der Waals surface area contributed by atoms with E-state index in [9.17, 15) is 14.0 Å². The van der Waals surface area contributed by atoms with Crippen molar-refractivity contribution in [2.45, 2.75) is 0 Å². The van der Waals surface area contributed by atoms with Gasteiger partial charge in [0.1, 0.15) is 30.5 Å². The third-order valence-electron chi connectivity index (χ3n) is 4.97. The Labute approximate surface area is 202 Å². The molecule has 4 aromatic carbocycles. The van der Waals surface area contributed by atoms with Gasteiger partial charge in [-0.15, -0.1) is 0 Å². The van der Waals surface area contributed by atoms with Crippen molar-refractivity contribution in [3.8, 4) is 11.5 Å². The molecule has 6 nitrogen and oxygen atoms in total. The zero-order valence-corrected chi connectivity index (χ0v) is 18.7. The summed E-state index contributed by atoms with van der Waals surface area (Å²) in [6.07, 6.45) is 0. The van der Waals surface area contributed by atoms with Gasteiger partial charge in [0, 0.05) is 22.5 Å². The highest BCUT2D eigenvalue weighted by Crippen LogP contribution is 2.17. The molecule has 4 aromatic rings. The minimum Gasteiger partial charge on any atom is -0.490 e. The maximum absolute atomic E-state index is 13.0. The molecule has 0 unspecified atom stereocenters. The summed E-state index contributed by atoms with van der Waals surface area (Å²) in [5.74, 6) is 0.327. The SMILES string of the molecule is O=C(Nc1cccc(C(=O)Nc2ccc(F)cc2)c1)c1ccc(OCCOc2ccccc2)cc1. The van der Waals surface area contributed by atoms with Gasteiger partial charge in [-0.1, -0.05) is 24.3 Å². The highest BCUT2D eigenvalue weighted by Gasteiger charge is 2.10. The Kier molecular flexibility index (Phi) is 7.70. The number of anilines is 2. The Morgan fingerprint density at radius 2 is 1.20 bits per heavy atom. The van der Waals surface area contributed by atoms with Crippen molar-refractivity contribution in [3.05, 3.63) is 120 Å². The van der Waals surface area contributed by atoms with Crippen molar-refractivity contribution < 1.29 is 23.5 Å². The predicted molar refractivity (Wildman–Crippen MR) is 133 cm³/mol. The molecule has 2 amide bonds. The van der Waals surface area contributed by atoms with Crippen LogP contribution in [0, 0.1) is 5.82 Å². The number of carbonyl (C=O) groups excluding carboxylic acids is 2. The lowest BCUT2D eigenvalue weighted by atomic mass is 10.1. The van der Waals surface area contributed by atoms with Crippen LogP contribution in [0.3, 0.4) is 0 Å². The van der Waals surface area contributed by atoms with E-state index in [-0.39, 0.29) is 17.6 Å². The van der Waals surface area contributed by atoms with E-state index in [1.165, 1.54) is 24.3 Å². The molecule has 0 aromatic heterocycles. The van der Waals surface area contributed by atoms with Crippen LogP contribution < -0.4 is 20.1 Å². The number of rotatable bonds is 9. The molecule has 0 saturated heterocycles. The molecular weight excluding hydrogens is 447 g/mol. The van der Waals surface area contributed by atoms with Gasteiger partial charge in [-0.3, -0.25) is 9.59 Å². The third kappa shape index (κ3) is 6.91. The van der Waals surface area contributed by atoms with Crippen molar-refractivity contribution in [3.63, 3.8) is 0 Å². The van der Waals surface area contributed by atoms with Crippen molar-refractivity contribution >= 4 is 23.2 Å². The van der Waals surface area contributed by atoms with Gasteiger partial charge in [-0.25, -0.2) is 4.39 Å². The second kappa shape index (κ2) is 11.5. The molecule has 0 aliphatic carbocycles. The number of amides is 2. The van der Waals surface area contributed by atoms with Gasteiger partial charge < -0.3 is 20.1 Å². The van der Waals surface area contributed by atoms with Gasteiger partial charge in [-0.2, -0.15) is 0 Å². The molecule has 176 valence electrons. The lowest BCUT2D eigenvalue weighted by Crippen LogP contribution is -2.14. The minimum atomic E-state index is -0.385. The number of para-hydroxylation sites is 1. The number of hydrogen-bond acceptors (Lipinski definition) is 4. The fourth-order valence-electron chi connectivity index (χ4n) is 3.22. The van der Waals surface area contributed by atoms with Crippen molar-refractivity contribution in [2.24, 2.45) is 0 Å². The Morgan fingerprint density at radius 1 is 0.600 bits per heavy atom. The monoisotopic (exact) mass is 470 g/mol. The zero-order valence-electron chi connectivity index (χ0n) is 18.7. The van der Waals surface area contributed by atoms with Gasteiger partial charge >= 0.3 is 0 Å². The van der Waals surface area contributed by atoms with Crippen LogP contribution in [-0.2, 0) is 0 Å². The predicted octanol–water partition coefficient (Wildman–Crippen LogP) is 5.79. The Hall–Kier alpha value is -4.65. The molecule has 7 heteroatoms. The van der Waals surface area contributed by atoms with Crippen LogP contribution in [0.4, 0.5) is 15.8 Å². The van der Waals surface area contributed by atoms with Gasteiger partial charge in [0.05, 0.1) is 0 Å². The molecule has 0 fully saturated rings. The van der Waals surface area contributed by atoms with E-state index >= 15 is 0 Å². The summed E-state index contributed by atoms with van der Waals surface area (Å²) in [7, 11) is 0. The highest BCUT2D eigenvalue weighted by molar-refractivity contribution is 6.07. The van der Waals surface area contributed by atoms with Gasteiger partial charge in [0.15, 0.2) is 0 Å². The smallest absolute Gasteiger partial charge is 0.255 e. The average Bonchev–Trinajstić information content (AvgIpc) is 2.89. The van der Waals surface area contributed by atoms with E-state index in [1.54, 1.807) is 48.5 Å². The second-order valence-electron chi connectivity index (χ2n) is 7.53. The van der Waals surface area contributed by atoms with E-state index in [4.69, 9.17) is 9.47 Å². The zero-order chi connectivity index (χ0) is 24.5. The largest absolute Gasteiger partial charge is 0.490 e. The lowest BCUT2D eigenvalue weighted by molar-refractivity contribution is 0.101. The number of benzene rings is 4. The first-order valence-corrected chi connectivity index (χ1v) is 11.0. The van der Waals surface area contributed by atoms with E-state index in [0.29, 0.717) is 41.5 Å². The second-order valence-corrected chi connectivity index (χ2v) is 7.53. The Morgan fingerprint density at radius 3 is 1.89 bits per heavy atom. The molecule has 0 aliphatic rings. The summed E-state index contributed by atoms with van der Waals surface area (Å²) in [6, 6.07) is 28.3. The van der Waals surface area contributed by atoms with Crippen LogP contribution in [0.5, 0.6) is 11.5 Å². The third-order valence-corrected chi connectivity index (χ3v) is 4.97. The van der Waals surface area contributed by atoms with Crippen molar-refractivity contribution in [2.75, 3.05) is 23.8 Å². The number of hydrogen-bond donors (Lipinski definition) is 2. The molecule has 2 N–H and O–H groups in total. The fraction of sp³-hybridized carbons (Fsp3) is 0.0714. The lowest BCUT2D eigenvalue weighted by Gasteiger charge is -2.10. The average molecular weight is 471 g/mol. The first-order chi connectivity index (χ1) is 17.1. The van der Waals surface area contributed by atoms with E-state index < -0.39 is 0 Å². The normalized spacial score (nSPS) is 10.3. The molecule has 0 bridgehead atoms. The highest BCUT2D eigenvalue weighted by atomic mass is 19.1. The first kappa shape index (κ1) is 23.5. The summed E-state index contributed by atoms with van der Waals surface area (Å²) >= 11 is 0. The summed E-state index contributed by atoms with van der Waals surface area (Å²) in [4.78, 5) is 25.1. The van der Waals surface area contributed by atoms with Crippen molar-refractivity contribution in [1.82, 2.24) is 0 Å². The summed E-state index contributed by atoms with van der Waals surface area (Å²) < 4.78 is 24.3. The van der Waals surface area contributed by atoms with Gasteiger partial charge in [-0.05, 0) is 78.9 Å². The molecule has 0 aliphatic heterocycles. The number of nitrogens with one attached hydrogen (secondary N) is 2. The van der Waals surface area contributed by atoms with E-state index in [2.05, 4.69) is 10.6 Å². The van der Waals surface area contributed by atoms with E-state index in [1.807, 2.05) is 30.3 Å². The number of halogens is 1. The van der Waals surface area contributed by atoms with Gasteiger partial charge in [0.2, 0.25) is 0 Å². The van der Waals surface area contributed by atoms with E-state index in [0.717, 1.165) is 5.75 Å². The quantitative estimate of drug-likeness (QED) is 0.304. The van der Waals surface area contributed by atoms with Crippen LogP contribution in [0.1, 0.15) is 20.7 Å². The summed E-state index contributed by atoms with van der Waals surface area (Å²) in [5, 5.41) is 5.48. The molecule has 0 spiro atoms. The molecule has 35 heavy (non-hydrogen) atoms. The minimum absolute atomic E-state index is 0.319. The number of carbonyl (C=O) groups is 2. The topological polar surface area (TPSA) is 76.7 Å². The molecule has 0 saturated carbocycles. The maximum atomic E-state index is 13.0. The Bertz CT molecular complexity index is 1280. The molecule has 4 rings (SSSR count). The van der Waals surface area contributed by atoms with Gasteiger partial charge in [0.25, 0.3) is 11.8 Å². The van der Waals surface area contributed by atoms with Crippen LogP contribution in [-0.4, -0.2) is 25.0 Å². The van der Waals surface area contributed by atoms with Crippen LogP contribution in [0.15, 0.2) is 103 Å². The first-order valence-electron chi connectivity index (χ1n) is 11.0. The molecule has 0 heterocycles. The van der Waals surface area contributed by atoms with Crippen LogP contribution in [0.25, 0.3) is 0 Å².